The highest BCUT2D eigenvalue weighted by Gasteiger charge is 2.44. The molecule has 2 aromatic carbocycles. The van der Waals surface area contributed by atoms with Gasteiger partial charge < -0.3 is 4.90 Å². The van der Waals surface area contributed by atoms with E-state index in [4.69, 9.17) is 11.6 Å². The highest BCUT2D eigenvalue weighted by Crippen LogP contribution is 2.45. The Balaban J connectivity index is 1.26. The molecule has 2 atom stereocenters. The number of rotatable bonds is 8. The number of nitrogens with zero attached hydrogens (tertiary/aromatic N) is 2. The molecule has 0 amide bonds. The SMILES string of the molecule is CN(C[C@H](CCN1CCC2(CC1)CS(=O)c1ccccc12)c1ccc(Cl)cc1)S(=O)(=O)c1cccs1. The molecule has 9 heteroatoms. The molecule has 1 saturated heterocycles. The lowest BCUT2D eigenvalue weighted by Crippen LogP contribution is -2.44. The van der Waals surface area contributed by atoms with Gasteiger partial charge in [0, 0.05) is 34.7 Å². The van der Waals surface area contributed by atoms with Crippen molar-refractivity contribution in [2.45, 2.75) is 39.7 Å². The summed E-state index contributed by atoms with van der Waals surface area (Å²) in [5, 5.41) is 2.46. The van der Waals surface area contributed by atoms with Crippen LogP contribution in [0.25, 0.3) is 0 Å². The van der Waals surface area contributed by atoms with Gasteiger partial charge in [-0.1, -0.05) is 48.0 Å². The molecule has 3 aromatic rings. The molecule has 0 N–H and O–H groups in total. The first-order valence-corrected chi connectivity index (χ1v) is 16.3. The fourth-order valence-corrected chi connectivity index (χ4v) is 9.94. The Morgan fingerprint density at radius 2 is 1.81 bits per heavy atom. The molecule has 2 aliphatic heterocycles. The number of hydrogen-bond donors (Lipinski definition) is 0. The molecule has 2 aliphatic rings. The number of thiophene rings is 1. The third-order valence-corrected chi connectivity index (χ3v) is 12.8. The molecular formula is C27H31ClN2O3S3. The van der Waals surface area contributed by atoms with Crippen LogP contribution in [0, 0.1) is 0 Å². The zero-order valence-electron chi connectivity index (χ0n) is 20.3. The minimum absolute atomic E-state index is 0.0303. The quantitative estimate of drug-likeness (QED) is 0.371. The maximum atomic E-state index is 13.1. The second-order valence-electron chi connectivity index (χ2n) is 9.86. The summed E-state index contributed by atoms with van der Waals surface area (Å²) in [7, 11) is -2.75. The topological polar surface area (TPSA) is 57.7 Å². The van der Waals surface area contributed by atoms with E-state index in [9.17, 15) is 12.6 Å². The van der Waals surface area contributed by atoms with Crippen molar-refractivity contribution in [1.29, 1.82) is 0 Å². The summed E-state index contributed by atoms with van der Waals surface area (Å²) in [6, 6.07) is 19.4. The Morgan fingerprint density at radius 3 is 2.50 bits per heavy atom. The monoisotopic (exact) mass is 562 g/mol. The van der Waals surface area contributed by atoms with E-state index < -0.39 is 20.8 Å². The molecule has 1 aromatic heterocycles. The maximum Gasteiger partial charge on any atom is 0.252 e. The number of likely N-dealkylation sites (tertiary alicyclic amines) is 1. The Hall–Kier alpha value is -1.55. The van der Waals surface area contributed by atoms with Crippen LogP contribution in [0.15, 0.2) is 75.1 Å². The van der Waals surface area contributed by atoms with Crippen LogP contribution in [0.4, 0.5) is 0 Å². The molecule has 3 heterocycles. The number of halogens is 1. The van der Waals surface area contributed by atoms with Gasteiger partial charge in [0.25, 0.3) is 10.0 Å². The largest absolute Gasteiger partial charge is 0.303 e. The van der Waals surface area contributed by atoms with E-state index >= 15 is 0 Å². The van der Waals surface area contributed by atoms with Crippen molar-refractivity contribution in [1.82, 2.24) is 9.21 Å². The van der Waals surface area contributed by atoms with Crippen LogP contribution in [0.2, 0.25) is 5.02 Å². The number of likely N-dealkylation sites (N-methyl/N-ethyl adjacent to an activating group) is 1. The molecular weight excluding hydrogens is 532 g/mol. The smallest absolute Gasteiger partial charge is 0.252 e. The first kappa shape index (κ1) is 26.1. The Labute approximate surface area is 225 Å². The molecule has 5 nitrogen and oxygen atoms in total. The zero-order chi connectivity index (χ0) is 25.3. The predicted octanol–water partition coefficient (Wildman–Crippen LogP) is 5.35. The summed E-state index contributed by atoms with van der Waals surface area (Å²) in [5.41, 5.74) is 2.41. The molecule has 0 bridgehead atoms. The molecule has 0 aliphatic carbocycles. The van der Waals surface area contributed by atoms with E-state index in [2.05, 4.69) is 17.0 Å². The molecule has 0 saturated carbocycles. The highest BCUT2D eigenvalue weighted by atomic mass is 35.5. The Bertz CT molecular complexity index is 1320. The maximum absolute atomic E-state index is 13.1. The van der Waals surface area contributed by atoms with E-state index in [1.807, 2.05) is 36.4 Å². The van der Waals surface area contributed by atoms with Gasteiger partial charge in [0.2, 0.25) is 0 Å². The summed E-state index contributed by atoms with van der Waals surface area (Å²) in [6.07, 6.45) is 2.86. The molecule has 36 heavy (non-hydrogen) atoms. The second kappa shape index (κ2) is 10.7. The van der Waals surface area contributed by atoms with Gasteiger partial charge in [-0.25, -0.2) is 8.42 Å². The Kier molecular flexibility index (Phi) is 7.73. The van der Waals surface area contributed by atoms with Gasteiger partial charge in [-0.2, -0.15) is 4.31 Å². The van der Waals surface area contributed by atoms with Gasteiger partial charge in [0.15, 0.2) is 0 Å². The third kappa shape index (κ3) is 5.22. The van der Waals surface area contributed by atoms with E-state index in [0.717, 1.165) is 55.1 Å². The summed E-state index contributed by atoms with van der Waals surface area (Å²) >= 11 is 7.38. The van der Waals surface area contributed by atoms with Crippen LogP contribution in [0.1, 0.15) is 36.3 Å². The van der Waals surface area contributed by atoms with Crippen molar-refractivity contribution < 1.29 is 12.6 Å². The van der Waals surface area contributed by atoms with Crippen molar-refractivity contribution in [2.24, 2.45) is 0 Å². The summed E-state index contributed by atoms with van der Waals surface area (Å²) in [4.78, 5) is 3.50. The molecule has 1 spiro atoms. The number of benzene rings is 2. The van der Waals surface area contributed by atoms with Gasteiger partial charge in [-0.15, -0.1) is 11.3 Å². The lowest BCUT2D eigenvalue weighted by Gasteiger charge is -2.40. The molecule has 192 valence electrons. The number of hydrogen-bond acceptors (Lipinski definition) is 5. The van der Waals surface area contributed by atoms with Crippen LogP contribution in [0.3, 0.4) is 0 Å². The van der Waals surface area contributed by atoms with E-state index in [1.54, 1.807) is 24.6 Å². The van der Waals surface area contributed by atoms with Crippen LogP contribution in [0.5, 0.6) is 0 Å². The first-order valence-electron chi connectivity index (χ1n) is 12.2. The molecule has 0 radical (unpaired) electrons. The third-order valence-electron chi connectivity index (χ3n) is 7.70. The minimum atomic E-state index is -3.52. The van der Waals surface area contributed by atoms with Crippen LogP contribution >= 0.6 is 22.9 Å². The lowest BCUT2D eigenvalue weighted by atomic mass is 9.74. The number of fused-ring (bicyclic) bond motifs is 2. The fraction of sp³-hybridized carbons (Fsp3) is 0.407. The summed E-state index contributed by atoms with van der Waals surface area (Å²) in [5.74, 6) is 0.788. The fourth-order valence-electron chi connectivity index (χ4n) is 5.54. The molecule has 1 unspecified atom stereocenters. The van der Waals surface area contributed by atoms with Gasteiger partial charge in [0.1, 0.15) is 4.21 Å². The van der Waals surface area contributed by atoms with Gasteiger partial charge >= 0.3 is 0 Å². The molecule has 5 rings (SSSR count). The lowest BCUT2D eigenvalue weighted by molar-refractivity contribution is 0.165. The van der Waals surface area contributed by atoms with Gasteiger partial charge in [-0.3, -0.25) is 4.21 Å². The predicted molar refractivity (Wildman–Crippen MR) is 148 cm³/mol. The second-order valence-corrected chi connectivity index (χ2v) is 14.9. The molecule has 1 fully saturated rings. The van der Waals surface area contributed by atoms with Crippen LogP contribution < -0.4 is 0 Å². The zero-order valence-corrected chi connectivity index (χ0v) is 23.5. The minimum Gasteiger partial charge on any atom is -0.303 e. The summed E-state index contributed by atoms with van der Waals surface area (Å²) < 4.78 is 40.7. The number of piperidine rings is 1. The number of sulfonamides is 1. The Morgan fingerprint density at radius 1 is 1.08 bits per heavy atom. The van der Waals surface area contributed by atoms with Crippen LogP contribution in [-0.2, 0) is 26.2 Å². The van der Waals surface area contributed by atoms with E-state index in [0.29, 0.717) is 15.8 Å². The van der Waals surface area contributed by atoms with E-state index in [1.165, 1.54) is 21.2 Å². The van der Waals surface area contributed by atoms with Crippen LogP contribution in [-0.4, -0.2) is 60.8 Å². The van der Waals surface area contributed by atoms with Crippen molar-refractivity contribution in [3.05, 3.63) is 82.2 Å². The van der Waals surface area contributed by atoms with Crippen molar-refractivity contribution in [3.8, 4) is 0 Å². The first-order chi connectivity index (χ1) is 17.3. The highest BCUT2D eigenvalue weighted by molar-refractivity contribution is 7.91. The van der Waals surface area contributed by atoms with E-state index in [-0.39, 0.29) is 11.3 Å². The average molecular weight is 563 g/mol. The van der Waals surface area contributed by atoms with Gasteiger partial charge in [0.05, 0.1) is 10.8 Å². The van der Waals surface area contributed by atoms with Crippen molar-refractivity contribution in [3.63, 3.8) is 0 Å². The van der Waals surface area contributed by atoms with Crippen molar-refractivity contribution >= 4 is 43.8 Å². The van der Waals surface area contributed by atoms with Gasteiger partial charge in [-0.05, 0) is 85.6 Å². The normalized spacial score (nSPS) is 20.6. The van der Waals surface area contributed by atoms with Crippen molar-refractivity contribution in [2.75, 3.05) is 39.0 Å². The summed E-state index contributed by atoms with van der Waals surface area (Å²) in [6.45, 7) is 3.22. The standard InChI is InChI=1S/C27H31ClN2O3S3/c1-29(36(32,33)26-7-4-18-34-26)19-22(21-8-10-23(28)11-9-21)12-15-30-16-13-27(14-17-30)20-35(31)25-6-3-2-5-24(25)27/h2-11,18,22H,12-17,19-20H2,1H3/t22-,35?/m0/s1. The average Bonchev–Trinajstić information content (AvgIpc) is 3.52.